The van der Waals surface area contributed by atoms with Crippen LogP contribution in [0.1, 0.15) is 35.2 Å². The lowest BCUT2D eigenvalue weighted by Gasteiger charge is -2.19. The third kappa shape index (κ3) is 4.03. The number of methoxy groups -OCH3 is 1. The van der Waals surface area contributed by atoms with Gasteiger partial charge < -0.3 is 14.4 Å². The smallest absolute Gasteiger partial charge is 0.435 e. The second kappa shape index (κ2) is 7.75. The largest absolute Gasteiger partial charge is 0.497 e. The molecule has 1 N–H and O–H groups in total. The van der Waals surface area contributed by atoms with Crippen molar-refractivity contribution in [2.24, 2.45) is 5.92 Å². The zero-order valence-corrected chi connectivity index (χ0v) is 15.7. The lowest BCUT2D eigenvalue weighted by Crippen LogP contribution is -2.28. The van der Waals surface area contributed by atoms with Crippen molar-refractivity contribution < 1.29 is 22.6 Å². The molecule has 0 spiro atoms. The maximum absolute atomic E-state index is 13.0. The summed E-state index contributed by atoms with van der Waals surface area (Å²) in [5.74, 6) is 1.27. The number of aromatic amines is 1. The lowest BCUT2D eigenvalue weighted by molar-refractivity contribution is -0.141. The molecule has 8 heteroatoms. The number of ether oxygens (including phenoxy) is 2. The first-order valence-electron chi connectivity index (χ1n) is 9.50. The van der Waals surface area contributed by atoms with Gasteiger partial charge in [0.1, 0.15) is 5.75 Å². The van der Waals surface area contributed by atoms with Crippen LogP contribution in [0.25, 0.3) is 0 Å². The summed E-state index contributed by atoms with van der Waals surface area (Å²) in [5.41, 5.74) is 0.774. The van der Waals surface area contributed by atoms with Gasteiger partial charge in [0, 0.05) is 43.8 Å². The van der Waals surface area contributed by atoms with Gasteiger partial charge in [-0.15, -0.1) is 0 Å². The van der Waals surface area contributed by atoms with E-state index in [4.69, 9.17) is 9.47 Å². The molecule has 1 aromatic heterocycles. The van der Waals surface area contributed by atoms with E-state index < -0.39 is 11.9 Å². The van der Waals surface area contributed by atoms with Gasteiger partial charge in [-0.1, -0.05) is 12.1 Å². The first kappa shape index (κ1) is 19.3. The number of nitrogens with zero attached hydrogens (tertiary/aromatic N) is 2. The number of alkyl halides is 3. The Hall–Kier alpha value is -2.06. The summed E-state index contributed by atoms with van der Waals surface area (Å²) in [5, 5.41) is 6.15. The van der Waals surface area contributed by atoms with Crippen LogP contribution in [0, 0.1) is 5.92 Å². The Morgan fingerprint density at radius 3 is 2.57 bits per heavy atom. The zero-order valence-electron chi connectivity index (χ0n) is 15.7. The van der Waals surface area contributed by atoms with Crippen molar-refractivity contribution in [1.29, 1.82) is 0 Å². The van der Waals surface area contributed by atoms with Crippen LogP contribution >= 0.6 is 0 Å². The van der Waals surface area contributed by atoms with Gasteiger partial charge in [0.25, 0.3) is 0 Å². The highest BCUT2D eigenvalue weighted by Crippen LogP contribution is 2.41. The van der Waals surface area contributed by atoms with Gasteiger partial charge in [0.15, 0.2) is 5.69 Å². The van der Waals surface area contributed by atoms with E-state index in [1.54, 1.807) is 7.11 Å². The highest BCUT2D eigenvalue weighted by molar-refractivity contribution is 5.34. The van der Waals surface area contributed by atoms with Crippen molar-refractivity contribution in [3.05, 3.63) is 47.3 Å². The molecular formula is C20H24F3N3O2. The molecule has 0 aliphatic carbocycles. The molecule has 3 heterocycles. The predicted octanol–water partition coefficient (Wildman–Crippen LogP) is 3.66. The number of aromatic nitrogens is 2. The number of H-pyrrole nitrogens is 1. The number of hydrogen-bond acceptors (Lipinski definition) is 4. The number of halogens is 3. The normalized spacial score (nSPS) is 26.1. The molecule has 2 saturated heterocycles. The second-order valence-electron chi connectivity index (χ2n) is 7.64. The highest BCUT2D eigenvalue weighted by atomic mass is 19.4. The van der Waals surface area contributed by atoms with Gasteiger partial charge in [-0.05, 0) is 36.1 Å². The molecule has 1 aromatic carbocycles. The highest BCUT2D eigenvalue weighted by Gasteiger charge is 2.40. The van der Waals surface area contributed by atoms with Gasteiger partial charge in [-0.3, -0.25) is 5.10 Å². The predicted molar refractivity (Wildman–Crippen MR) is 97.4 cm³/mol. The van der Waals surface area contributed by atoms with Gasteiger partial charge in [0.2, 0.25) is 0 Å². The molecular weight excluding hydrogens is 371 g/mol. The van der Waals surface area contributed by atoms with Crippen LogP contribution in [0.5, 0.6) is 5.75 Å². The minimum absolute atomic E-state index is 0.0701. The third-order valence-electron chi connectivity index (χ3n) is 5.77. The average molecular weight is 395 g/mol. The molecule has 5 nitrogen and oxygen atoms in total. The molecule has 3 atom stereocenters. The minimum atomic E-state index is -4.44. The summed E-state index contributed by atoms with van der Waals surface area (Å²) in [7, 11) is 1.61. The fourth-order valence-electron chi connectivity index (χ4n) is 4.30. The molecule has 4 rings (SSSR count). The van der Waals surface area contributed by atoms with Crippen LogP contribution in [0.3, 0.4) is 0 Å². The number of rotatable bonds is 5. The molecule has 2 aliphatic heterocycles. The Bertz CT molecular complexity index is 785. The molecule has 152 valence electrons. The Morgan fingerprint density at radius 2 is 1.96 bits per heavy atom. The van der Waals surface area contributed by atoms with E-state index in [0.29, 0.717) is 18.2 Å². The maximum atomic E-state index is 13.0. The van der Waals surface area contributed by atoms with E-state index in [1.807, 2.05) is 24.3 Å². The molecule has 2 aromatic rings. The van der Waals surface area contributed by atoms with Crippen molar-refractivity contribution in [2.75, 3.05) is 40.0 Å². The summed E-state index contributed by atoms with van der Waals surface area (Å²) in [6.45, 7) is 3.96. The van der Waals surface area contributed by atoms with Crippen molar-refractivity contribution in [3.8, 4) is 5.75 Å². The number of benzene rings is 1. The Labute approximate surface area is 161 Å². The van der Waals surface area contributed by atoms with Gasteiger partial charge in [0.05, 0.1) is 13.7 Å². The summed E-state index contributed by atoms with van der Waals surface area (Å²) in [6.07, 6.45) is -3.40. The summed E-state index contributed by atoms with van der Waals surface area (Å²) in [4.78, 5) is 2.34. The minimum Gasteiger partial charge on any atom is -0.497 e. The Morgan fingerprint density at radius 1 is 1.21 bits per heavy atom. The van der Waals surface area contributed by atoms with E-state index in [-0.39, 0.29) is 11.8 Å². The molecule has 0 amide bonds. The first-order chi connectivity index (χ1) is 13.4. The summed E-state index contributed by atoms with van der Waals surface area (Å²) in [6, 6.07) is 8.95. The molecule has 0 radical (unpaired) electrons. The fraction of sp³-hybridized carbons (Fsp3) is 0.550. The van der Waals surface area contributed by atoms with Crippen LogP contribution < -0.4 is 4.74 Å². The van der Waals surface area contributed by atoms with Crippen LogP contribution in [0.2, 0.25) is 0 Å². The van der Waals surface area contributed by atoms with E-state index >= 15 is 0 Å². The zero-order chi connectivity index (χ0) is 19.7. The fourth-order valence-corrected chi connectivity index (χ4v) is 4.30. The Kier molecular flexibility index (Phi) is 5.33. The molecule has 2 fully saturated rings. The first-order valence-corrected chi connectivity index (χ1v) is 9.50. The molecule has 0 bridgehead atoms. The lowest BCUT2D eigenvalue weighted by atomic mass is 9.86. The molecule has 2 aliphatic rings. The maximum Gasteiger partial charge on any atom is 0.435 e. The van der Waals surface area contributed by atoms with Crippen molar-refractivity contribution in [1.82, 2.24) is 15.1 Å². The number of nitrogens with one attached hydrogen (secondary N) is 1. The van der Waals surface area contributed by atoms with E-state index in [9.17, 15) is 13.2 Å². The van der Waals surface area contributed by atoms with Gasteiger partial charge in [-0.25, -0.2) is 0 Å². The van der Waals surface area contributed by atoms with E-state index in [2.05, 4.69) is 15.1 Å². The van der Waals surface area contributed by atoms with E-state index in [0.717, 1.165) is 50.1 Å². The van der Waals surface area contributed by atoms with Crippen LogP contribution in [-0.2, 0) is 10.9 Å². The van der Waals surface area contributed by atoms with Gasteiger partial charge in [-0.2, -0.15) is 18.3 Å². The summed E-state index contributed by atoms with van der Waals surface area (Å²) >= 11 is 0. The van der Waals surface area contributed by atoms with Crippen molar-refractivity contribution in [2.45, 2.75) is 24.4 Å². The summed E-state index contributed by atoms with van der Waals surface area (Å²) < 4.78 is 49.8. The van der Waals surface area contributed by atoms with Gasteiger partial charge >= 0.3 is 6.18 Å². The van der Waals surface area contributed by atoms with E-state index in [1.165, 1.54) is 0 Å². The average Bonchev–Trinajstić information content (AvgIpc) is 3.42. The Balaban J connectivity index is 1.58. The third-order valence-corrected chi connectivity index (χ3v) is 5.77. The molecule has 1 unspecified atom stereocenters. The second-order valence-corrected chi connectivity index (χ2v) is 7.64. The number of likely N-dealkylation sites (tertiary alicyclic amines) is 1. The SMILES string of the molecule is COc1ccc([C@@H]2CN(CC3CCOC3)C[C@H]2c2cc(C(F)(F)F)n[nH]2)cc1. The molecule has 0 saturated carbocycles. The van der Waals surface area contributed by atoms with Crippen molar-refractivity contribution >= 4 is 0 Å². The topological polar surface area (TPSA) is 50.4 Å². The van der Waals surface area contributed by atoms with Crippen molar-refractivity contribution in [3.63, 3.8) is 0 Å². The number of hydrogen-bond donors (Lipinski definition) is 1. The standard InChI is InChI=1S/C20H24F3N3O2/c1-27-15-4-2-14(3-5-15)16-10-26(9-13-6-7-28-12-13)11-17(16)18-8-19(25-24-18)20(21,22)23/h2-5,8,13,16-17H,6-7,9-12H2,1H3,(H,24,25)/t13?,16-,17+/m0/s1. The molecule has 28 heavy (non-hydrogen) atoms. The van der Waals surface area contributed by atoms with Crippen LogP contribution in [0.15, 0.2) is 30.3 Å². The monoisotopic (exact) mass is 395 g/mol. The van der Waals surface area contributed by atoms with Crippen LogP contribution in [-0.4, -0.2) is 55.1 Å². The van der Waals surface area contributed by atoms with Crippen LogP contribution in [0.4, 0.5) is 13.2 Å². The quantitative estimate of drug-likeness (QED) is 0.840.